The van der Waals surface area contributed by atoms with Crippen molar-refractivity contribution in [2.75, 3.05) is 26.2 Å². The van der Waals surface area contributed by atoms with Gasteiger partial charge in [0.25, 0.3) is 0 Å². The molecule has 4 heterocycles. The van der Waals surface area contributed by atoms with Gasteiger partial charge in [-0.3, -0.25) is 9.58 Å². The Kier molecular flexibility index (Phi) is 8.77. The minimum absolute atomic E-state index is 0.310. The smallest absolute Gasteiger partial charge is 0.355 e. The quantitative estimate of drug-likeness (QED) is 0.123. The van der Waals surface area contributed by atoms with Gasteiger partial charge in [-0.25, -0.2) is 4.79 Å². The molecule has 5 aromatic rings. The van der Waals surface area contributed by atoms with E-state index in [4.69, 9.17) is 26.2 Å². The van der Waals surface area contributed by atoms with E-state index in [1.807, 2.05) is 69.8 Å². The Balaban J connectivity index is 1.32. The maximum Gasteiger partial charge on any atom is 0.355 e. The number of benzene rings is 3. The largest absolute Gasteiger partial charge is 0.493 e. The standard InChI is InChI=1S/C39H46ClN5O3/c1-24-34(25(2)43(6)42-24)35-32(40)17-16-31-30(14-10-20-47-33-15-9-12-26-11-7-8-13-29(26)33)37(38(46)48-39(3,4)5)45(36(31)35)19-18-44-23-27-21-28(44)22-41-27/h7-9,11-13,15-17,27-28,41H,10,14,18-23H2,1-6H3. The molecule has 252 valence electrons. The molecule has 7 rings (SSSR count). The molecule has 2 fully saturated rings. The van der Waals surface area contributed by atoms with Crippen molar-refractivity contribution in [2.24, 2.45) is 7.05 Å². The van der Waals surface area contributed by atoms with Crippen LogP contribution in [0.2, 0.25) is 5.02 Å². The minimum Gasteiger partial charge on any atom is -0.493 e. The second-order valence-corrected chi connectivity index (χ2v) is 14.8. The van der Waals surface area contributed by atoms with Crippen molar-refractivity contribution in [3.8, 4) is 16.9 Å². The molecule has 2 atom stereocenters. The number of carbonyl (C=O) groups excluding carboxylic acids is 1. The molecular formula is C39H46ClN5O3. The Morgan fingerprint density at radius 2 is 1.81 bits per heavy atom. The van der Waals surface area contributed by atoms with Crippen LogP contribution in [0, 0.1) is 13.8 Å². The summed E-state index contributed by atoms with van der Waals surface area (Å²) in [5.74, 6) is 0.559. The number of rotatable bonds is 10. The molecule has 8 nitrogen and oxygen atoms in total. The number of nitrogens with one attached hydrogen (secondary N) is 1. The Bertz CT molecular complexity index is 2000. The van der Waals surface area contributed by atoms with Crippen LogP contribution in [-0.2, 0) is 24.8 Å². The van der Waals surface area contributed by atoms with E-state index in [-0.39, 0.29) is 5.97 Å². The van der Waals surface area contributed by atoms with E-state index in [1.165, 1.54) is 6.42 Å². The molecule has 0 aliphatic carbocycles. The molecule has 2 aliphatic rings. The fourth-order valence-corrected chi connectivity index (χ4v) is 8.05. The van der Waals surface area contributed by atoms with Crippen LogP contribution in [-0.4, -0.2) is 69.1 Å². The van der Waals surface area contributed by atoms with Crippen molar-refractivity contribution >= 4 is 39.2 Å². The summed E-state index contributed by atoms with van der Waals surface area (Å²) in [6, 6.07) is 19.5. The normalized spacial score (nSPS) is 18.0. The molecule has 0 spiro atoms. The molecule has 9 heteroatoms. The Hall–Kier alpha value is -3.85. The molecule has 2 aromatic heterocycles. The van der Waals surface area contributed by atoms with Gasteiger partial charge in [-0.2, -0.15) is 5.10 Å². The molecule has 1 N–H and O–H groups in total. The lowest BCUT2D eigenvalue weighted by molar-refractivity contribution is 0.00561. The summed E-state index contributed by atoms with van der Waals surface area (Å²) in [6.07, 6.45) is 2.55. The van der Waals surface area contributed by atoms with Crippen LogP contribution >= 0.6 is 11.6 Å². The van der Waals surface area contributed by atoms with Gasteiger partial charge in [0, 0.05) is 72.9 Å². The summed E-state index contributed by atoms with van der Waals surface area (Å²) in [6.45, 7) is 13.9. The minimum atomic E-state index is -0.649. The number of aryl methyl sites for hydroxylation is 3. The zero-order chi connectivity index (χ0) is 33.7. The van der Waals surface area contributed by atoms with Crippen LogP contribution in [0.3, 0.4) is 0 Å². The van der Waals surface area contributed by atoms with E-state index in [2.05, 4.69) is 46.0 Å². The van der Waals surface area contributed by atoms with E-state index < -0.39 is 5.60 Å². The molecular weight excluding hydrogens is 622 g/mol. The van der Waals surface area contributed by atoms with Gasteiger partial charge in [0.2, 0.25) is 0 Å². The van der Waals surface area contributed by atoms with Gasteiger partial charge in [0.05, 0.1) is 22.8 Å². The summed E-state index contributed by atoms with van der Waals surface area (Å²) in [4.78, 5) is 16.9. The first-order chi connectivity index (χ1) is 23.0. The van der Waals surface area contributed by atoms with Gasteiger partial charge < -0.3 is 19.4 Å². The maximum atomic E-state index is 14.3. The predicted molar refractivity (Wildman–Crippen MR) is 193 cm³/mol. The van der Waals surface area contributed by atoms with E-state index in [0.717, 1.165) is 81.6 Å². The number of likely N-dealkylation sites (tertiary alicyclic amines) is 1. The summed E-state index contributed by atoms with van der Waals surface area (Å²) < 4.78 is 16.6. The lowest BCUT2D eigenvalue weighted by Crippen LogP contribution is -2.44. The number of hydrogen-bond acceptors (Lipinski definition) is 6. The number of carbonyl (C=O) groups is 1. The zero-order valence-electron chi connectivity index (χ0n) is 28.9. The molecule has 2 bridgehead atoms. The van der Waals surface area contributed by atoms with Gasteiger partial charge in [0.1, 0.15) is 17.0 Å². The SMILES string of the molecule is Cc1nn(C)c(C)c1-c1c(Cl)ccc2c(CCCOc3cccc4ccccc34)c(C(=O)OC(C)(C)C)n(CCN3CC4CC3CN4)c12. The summed E-state index contributed by atoms with van der Waals surface area (Å²) >= 11 is 7.13. The van der Waals surface area contributed by atoms with Gasteiger partial charge in [-0.05, 0) is 77.0 Å². The highest BCUT2D eigenvalue weighted by atomic mass is 35.5. The highest BCUT2D eigenvalue weighted by molar-refractivity contribution is 6.35. The van der Waals surface area contributed by atoms with Crippen molar-refractivity contribution in [3.63, 3.8) is 0 Å². The fourth-order valence-electron chi connectivity index (χ4n) is 7.80. The topological polar surface area (TPSA) is 73.6 Å². The molecule has 0 saturated carbocycles. The van der Waals surface area contributed by atoms with Gasteiger partial charge in [-0.1, -0.05) is 54.1 Å². The van der Waals surface area contributed by atoms with Crippen LogP contribution in [0.1, 0.15) is 61.1 Å². The van der Waals surface area contributed by atoms with Crippen molar-refractivity contribution in [1.82, 2.24) is 24.6 Å². The highest BCUT2D eigenvalue weighted by Crippen LogP contribution is 2.42. The van der Waals surface area contributed by atoms with Crippen molar-refractivity contribution in [2.45, 2.75) is 78.1 Å². The Labute approximate surface area is 287 Å². The van der Waals surface area contributed by atoms with Crippen LogP contribution < -0.4 is 10.1 Å². The van der Waals surface area contributed by atoms with Crippen LogP contribution in [0.4, 0.5) is 0 Å². The molecule has 2 saturated heterocycles. The number of halogens is 1. The lowest BCUT2D eigenvalue weighted by Gasteiger charge is -2.28. The second-order valence-electron chi connectivity index (χ2n) is 14.4. The maximum absolute atomic E-state index is 14.3. The first-order valence-electron chi connectivity index (χ1n) is 17.2. The van der Waals surface area contributed by atoms with Crippen LogP contribution in [0.25, 0.3) is 32.8 Å². The number of esters is 1. The predicted octanol–water partition coefficient (Wildman–Crippen LogP) is 7.48. The Morgan fingerprint density at radius 1 is 1.02 bits per heavy atom. The third-order valence-corrected chi connectivity index (χ3v) is 10.3. The van der Waals surface area contributed by atoms with E-state index in [0.29, 0.717) is 42.4 Å². The lowest BCUT2D eigenvalue weighted by atomic mass is 9.98. The van der Waals surface area contributed by atoms with E-state index in [1.54, 1.807) is 0 Å². The summed E-state index contributed by atoms with van der Waals surface area (Å²) in [7, 11) is 1.96. The first-order valence-corrected chi connectivity index (χ1v) is 17.5. The van der Waals surface area contributed by atoms with Crippen LogP contribution in [0.15, 0.2) is 54.6 Å². The third-order valence-electron chi connectivity index (χ3n) is 9.99. The second kappa shape index (κ2) is 12.9. The first kappa shape index (κ1) is 32.7. The monoisotopic (exact) mass is 667 g/mol. The molecule has 0 amide bonds. The molecule has 3 aromatic carbocycles. The third kappa shape index (κ3) is 6.10. The average molecular weight is 668 g/mol. The van der Waals surface area contributed by atoms with Crippen molar-refractivity contribution in [3.05, 3.63) is 82.3 Å². The highest BCUT2D eigenvalue weighted by Gasteiger charge is 2.38. The zero-order valence-corrected chi connectivity index (χ0v) is 29.7. The molecule has 2 unspecified atom stereocenters. The molecule has 2 aliphatic heterocycles. The van der Waals surface area contributed by atoms with Crippen LogP contribution in [0.5, 0.6) is 5.75 Å². The number of aromatic nitrogens is 3. The van der Waals surface area contributed by atoms with Gasteiger partial charge >= 0.3 is 5.97 Å². The summed E-state index contributed by atoms with van der Waals surface area (Å²) in [5, 5.41) is 12.3. The number of hydrogen-bond donors (Lipinski definition) is 1. The summed E-state index contributed by atoms with van der Waals surface area (Å²) in [5.41, 5.74) is 5.77. The van der Waals surface area contributed by atoms with Crippen molar-refractivity contribution < 1.29 is 14.3 Å². The van der Waals surface area contributed by atoms with Gasteiger partial charge in [0.15, 0.2) is 0 Å². The molecule has 48 heavy (non-hydrogen) atoms. The van der Waals surface area contributed by atoms with E-state index >= 15 is 0 Å². The molecule has 0 radical (unpaired) electrons. The van der Waals surface area contributed by atoms with Crippen molar-refractivity contribution in [1.29, 1.82) is 0 Å². The number of piperazine rings is 1. The number of ether oxygens (including phenoxy) is 2. The average Bonchev–Trinajstić information content (AvgIpc) is 3.80. The number of fused-ring (bicyclic) bond motifs is 4. The van der Waals surface area contributed by atoms with E-state index in [9.17, 15) is 4.79 Å². The van der Waals surface area contributed by atoms with Gasteiger partial charge in [-0.15, -0.1) is 0 Å². The Morgan fingerprint density at radius 3 is 2.52 bits per heavy atom. The fraction of sp³-hybridized carbons (Fsp3) is 0.436. The number of nitrogens with zero attached hydrogens (tertiary/aromatic N) is 4.